The Bertz CT molecular complexity index is 490. The van der Waals surface area contributed by atoms with Crippen molar-refractivity contribution in [3.05, 3.63) is 28.8 Å². The number of halogens is 1. The van der Waals surface area contributed by atoms with Crippen LogP contribution < -0.4 is 16.4 Å². The molecule has 1 aliphatic heterocycles. The second kappa shape index (κ2) is 5.27. The van der Waals surface area contributed by atoms with E-state index in [9.17, 15) is 9.59 Å². The zero-order valence-electron chi connectivity index (χ0n) is 9.70. The van der Waals surface area contributed by atoms with Crippen molar-refractivity contribution in [2.75, 3.05) is 12.3 Å². The minimum Gasteiger partial charge on any atom is -0.399 e. The molecule has 1 heterocycles. The summed E-state index contributed by atoms with van der Waals surface area (Å²) in [5.74, 6) is -0.511. The highest BCUT2D eigenvalue weighted by Crippen LogP contribution is 2.19. The van der Waals surface area contributed by atoms with Crippen LogP contribution in [0.4, 0.5) is 5.69 Å². The lowest BCUT2D eigenvalue weighted by Crippen LogP contribution is -2.50. The Kier molecular flexibility index (Phi) is 3.72. The maximum atomic E-state index is 12.0. The van der Waals surface area contributed by atoms with E-state index in [-0.39, 0.29) is 16.8 Å². The molecule has 1 aromatic carbocycles. The van der Waals surface area contributed by atoms with Crippen LogP contribution >= 0.6 is 11.6 Å². The molecule has 0 bridgehead atoms. The molecule has 6 heteroatoms. The van der Waals surface area contributed by atoms with Crippen LogP contribution in [0.5, 0.6) is 0 Å². The van der Waals surface area contributed by atoms with Crippen LogP contribution in [0, 0.1) is 0 Å². The summed E-state index contributed by atoms with van der Waals surface area (Å²) >= 11 is 5.94. The van der Waals surface area contributed by atoms with Gasteiger partial charge in [-0.25, -0.2) is 0 Å². The first-order valence-electron chi connectivity index (χ1n) is 5.71. The van der Waals surface area contributed by atoms with Crippen molar-refractivity contribution in [3.8, 4) is 0 Å². The minimum absolute atomic E-state index is 0.152. The normalized spacial score (nSPS) is 19.2. The summed E-state index contributed by atoms with van der Waals surface area (Å²) < 4.78 is 0. The molecule has 4 N–H and O–H groups in total. The van der Waals surface area contributed by atoms with Crippen molar-refractivity contribution in [1.82, 2.24) is 10.6 Å². The number of carbonyl (C=O) groups is 2. The Morgan fingerprint density at radius 3 is 2.94 bits per heavy atom. The molecule has 0 aromatic heterocycles. The van der Waals surface area contributed by atoms with E-state index in [1.807, 2.05) is 0 Å². The van der Waals surface area contributed by atoms with Crippen LogP contribution in [-0.2, 0) is 4.79 Å². The Balaban J connectivity index is 2.09. The van der Waals surface area contributed by atoms with Gasteiger partial charge in [-0.1, -0.05) is 11.6 Å². The van der Waals surface area contributed by atoms with Gasteiger partial charge in [-0.3, -0.25) is 9.59 Å². The van der Waals surface area contributed by atoms with Crippen LogP contribution in [-0.4, -0.2) is 24.4 Å². The molecule has 96 valence electrons. The van der Waals surface area contributed by atoms with Gasteiger partial charge in [0, 0.05) is 12.2 Å². The second-order valence-corrected chi connectivity index (χ2v) is 4.61. The van der Waals surface area contributed by atoms with Crippen LogP contribution in [0.3, 0.4) is 0 Å². The molecule has 18 heavy (non-hydrogen) atoms. The molecule has 1 aliphatic rings. The maximum absolute atomic E-state index is 12.0. The van der Waals surface area contributed by atoms with Crippen molar-refractivity contribution < 1.29 is 9.59 Å². The average Bonchev–Trinajstić information content (AvgIpc) is 2.32. The van der Waals surface area contributed by atoms with E-state index in [1.54, 1.807) is 12.1 Å². The van der Waals surface area contributed by atoms with Gasteiger partial charge in [-0.2, -0.15) is 0 Å². The van der Waals surface area contributed by atoms with E-state index >= 15 is 0 Å². The number of nitrogens with one attached hydrogen (secondary N) is 2. The third kappa shape index (κ3) is 2.73. The molecule has 0 radical (unpaired) electrons. The summed E-state index contributed by atoms with van der Waals surface area (Å²) in [6.07, 6.45) is 1.50. The highest BCUT2D eigenvalue weighted by atomic mass is 35.5. The van der Waals surface area contributed by atoms with Gasteiger partial charge in [0.25, 0.3) is 5.91 Å². The van der Waals surface area contributed by atoms with Gasteiger partial charge in [-0.15, -0.1) is 0 Å². The van der Waals surface area contributed by atoms with E-state index in [4.69, 9.17) is 17.3 Å². The Labute approximate surface area is 110 Å². The minimum atomic E-state index is -0.486. The molecule has 1 atom stereocenters. The number of hydrogen-bond donors (Lipinski definition) is 3. The van der Waals surface area contributed by atoms with Crippen molar-refractivity contribution in [2.24, 2.45) is 0 Å². The molecule has 0 aliphatic carbocycles. The van der Waals surface area contributed by atoms with E-state index in [0.29, 0.717) is 24.2 Å². The lowest BCUT2D eigenvalue weighted by molar-refractivity contribution is -0.124. The average molecular weight is 268 g/mol. The summed E-state index contributed by atoms with van der Waals surface area (Å²) in [6, 6.07) is 4.17. The first-order valence-corrected chi connectivity index (χ1v) is 6.09. The molecule has 2 amide bonds. The molecule has 1 saturated heterocycles. The summed E-state index contributed by atoms with van der Waals surface area (Å²) in [7, 11) is 0. The first kappa shape index (κ1) is 12.7. The van der Waals surface area contributed by atoms with E-state index in [2.05, 4.69) is 10.6 Å². The second-order valence-electron chi connectivity index (χ2n) is 4.20. The standard InChI is InChI=1S/C12H14ClN3O2/c13-9-6-7(14)3-4-8(9)11(17)16-10-2-1-5-15-12(10)18/h3-4,6,10H,1-2,5,14H2,(H,15,18)(H,16,17). The van der Waals surface area contributed by atoms with Crippen LogP contribution in [0.25, 0.3) is 0 Å². The molecular formula is C12H14ClN3O2. The number of nitrogens with two attached hydrogens (primary N) is 1. The van der Waals surface area contributed by atoms with E-state index < -0.39 is 6.04 Å². The molecule has 0 spiro atoms. The summed E-state index contributed by atoms with van der Waals surface area (Å²) in [6.45, 7) is 0.661. The number of nitrogen functional groups attached to an aromatic ring is 1. The lowest BCUT2D eigenvalue weighted by Gasteiger charge is -2.22. The fourth-order valence-electron chi connectivity index (χ4n) is 1.86. The van der Waals surface area contributed by atoms with Gasteiger partial charge >= 0.3 is 0 Å². The Morgan fingerprint density at radius 1 is 1.50 bits per heavy atom. The molecule has 5 nitrogen and oxygen atoms in total. The van der Waals surface area contributed by atoms with Gasteiger partial charge in [0.15, 0.2) is 0 Å². The van der Waals surface area contributed by atoms with Crippen molar-refractivity contribution in [3.63, 3.8) is 0 Å². The zero-order chi connectivity index (χ0) is 13.1. The van der Waals surface area contributed by atoms with Crippen molar-refractivity contribution >= 4 is 29.1 Å². The number of hydrogen-bond acceptors (Lipinski definition) is 3. The van der Waals surface area contributed by atoms with Gasteiger partial charge in [-0.05, 0) is 31.0 Å². The highest BCUT2D eigenvalue weighted by Gasteiger charge is 2.24. The van der Waals surface area contributed by atoms with Crippen LogP contribution in [0.2, 0.25) is 5.02 Å². The monoisotopic (exact) mass is 267 g/mol. The smallest absolute Gasteiger partial charge is 0.253 e. The third-order valence-corrected chi connectivity index (χ3v) is 3.14. The van der Waals surface area contributed by atoms with Gasteiger partial charge in [0.1, 0.15) is 6.04 Å². The molecule has 1 aromatic rings. The zero-order valence-corrected chi connectivity index (χ0v) is 10.5. The van der Waals surface area contributed by atoms with Gasteiger partial charge < -0.3 is 16.4 Å². The van der Waals surface area contributed by atoms with E-state index in [0.717, 1.165) is 6.42 Å². The lowest BCUT2D eigenvalue weighted by atomic mass is 10.1. The predicted octanol–water partition coefficient (Wildman–Crippen LogP) is 0.931. The van der Waals surface area contributed by atoms with Crippen LogP contribution in [0.15, 0.2) is 18.2 Å². The molecule has 2 rings (SSSR count). The Morgan fingerprint density at radius 2 is 2.28 bits per heavy atom. The Hall–Kier alpha value is -1.75. The number of anilines is 1. The molecule has 1 unspecified atom stereocenters. The fraction of sp³-hybridized carbons (Fsp3) is 0.333. The van der Waals surface area contributed by atoms with Crippen molar-refractivity contribution in [1.29, 1.82) is 0 Å². The fourth-order valence-corrected chi connectivity index (χ4v) is 2.14. The number of carbonyl (C=O) groups excluding carboxylic acids is 2. The quantitative estimate of drug-likeness (QED) is 0.697. The predicted molar refractivity (Wildman–Crippen MR) is 69.4 cm³/mol. The summed E-state index contributed by atoms with van der Waals surface area (Å²) in [4.78, 5) is 23.5. The van der Waals surface area contributed by atoms with E-state index in [1.165, 1.54) is 6.07 Å². The molecule has 1 fully saturated rings. The van der Waals surface area contributed by atoms with Gasteiger partial charge in [0.2, 0.25) is 5.91 Å². The first-order chi connectivity index (χ1) is 8.58. The van der Waals surface area contributed by atoms with Crippen molar-refractivity contribution in [2.45, 2.75) is 18.9 Å². The summed E-state index contributed by atoms with van der Waals surface area (Å²) in [5, 5.41) is 5.66. The number of rotatable bonds is 2. The third-order valence-electron chi connectivity index (χ3n) is 2.83. The van der Waals surface area contributed by atoms with Gasteiger partial charge in [0.05, 0.1) is 10.6 Å². The summed E-state index contributed by atoms with van der Waals surface area (Å²) in [5.41, 5.74) is 6.37. The SMILES string of the molecule is Nc1ccc(C(=O)NC2CCCNC2=O)c(Cl)c1. The molecular weight excluding hydrogens is 254 g/mol. The number of benzene rings is 1. The topological polar surface area (TPSA) is 84.2 Å². The number of amides is 2. The van der Waals surface area contributed by atoms with Crippen LogP contribution in [0.1, 0.15) is 23.2 Å². The largest absolute Gasteiger partial charge is 0.399 e. The number of piperidine rings is 1. The highest BCUT2D eigenvalue weighted by molar-refractivity contribution is 6.34. The molecule has 0 saturated carbocycles. The maximum Gasteiger partial charge on any atom is 0.253 e.